The molecule has 6 heteroatoms. The second-order valence-corrected chi connectivity index (χ2v) is 8.45. The molecule has 0 spiro atoms. The third-order valence-corrected chi connectivity index (χ3v) is 6.73. The highest BCUT2D eigenvalue weighted by atomic mass is 32.2. The molecule has 0 fully saturated rings. The number of Topliss-reactive ketones (excluding diaryl/α,β-unsaturated/α-hetero) is 1. The molecule has 29 heavy (non-hydrogen) atoms. The molecule has 0 amide bonds. The van der Waals surface area contributed by atoms with E-state index in [1.165, 1.54) is 18.2 Å². The first-order valence-corrected chi connectivity index (χ1v) is 10.9. The Hall–Kier alpha value is -2.86. The van der Waals surface area contributed by atoms with Crippen LogP contribution in [-0.4, -0.2) is 25.5 Å². The number of nitrogens with one attached hydrogen (secondary N) is 1. The molecule has 0 aliphatic carbocycles. The Labute approximate surface area is 173 Å². The molecule has 0 radical (unpaired) electrons. The normalized spacial score (nSPS) is 15.0. The molecule has 1 atom stereocenters. The molecular weight excluding hydrogens is 380 g/mol. The van der Waals surface area contributed by atoms with Crippen molar-refractivity contribution in [1.82, 2.24) is 19.7 Å². The highest BCUT2D eigenvalue weighted by molar-refractivity contribution is 8.00. The lowest BCUT2D eigenvalue weighted by atomic mass is 10.0. The van der Waals surface area contributed by atoms with Gasteiger partial charge in [0.1, 0.15) is 11.1 Å². The first kappa shape index (κ1) is 18.2. The number of aromatic nitrogens is 4. The molecule has 2 aromatic carbocycles. The fourth-order valence-electron chi connectivity index (χ4n) is 3.97. The van der Waals surface area contributed by atoms with Gasteiger partial charge < -0.3 is 9.55 Å². The van der Waals surface area contributed by atoms with Crippen molar-refractivity contribution in [2.24, 2.45) is 0 Å². The van der Waals surface area contributed by atoms with E-state index in [0.717, 1.165) is 58.8 Å². The minimum atomic E-state index is -0.369. The number of aryl methyl sites for hydroxylation is 1. The molecule has 1 N–H and O–H groups in total. The number of thioether (sulfide) groups is 1. The van der Waals surface area contributed by atoms with Crippen LogP contribution in [0.4, 0.5) is 0 Å². The number of benzene rings is 2. The Balaban J connectivity index is 1.54. The van der Waals surface area contributed by atoms with Crippen molar-refractivity contribution in [3.05, 3.63) is 77.7 Å². The fraction of sp³-hybridized carbons (Fsp3) is 0.261. The lowest BCUT2D eigenvalue weighted by Gasteiger charge is -2.16. The van der Waals surface area contributed by atoms with E-state index >= 15 is 0 Å². The number of para-hydroxylation sites is 1. The number of carbonyl (C=O) groups excluding carboxylic acids is 1. The van der Waals surface area contributed by atoms with E-state index in [9.17, 15) is 4.79 Å². The Bertz CT molecular complexity index is 1150. The molecule has 1 aliphatic rings. The number of rotatable bonds is 5. The number of ketones is 1. The van der Waals surface area contributed by atoms with Gasteiger partial charge in [0.2, 0.25) is 0 Å². The van der Waals surface area contributed by atoms with Crippen molar-refractivity contribution in [3.63, 3.8) is 0 Å². The first-order chi connectivity index (χ1) is 14.3. The summed E-state index contributed by atoms with van der Waals surface area (Å²) in [7, 11) is 0. The highest BCUT2D eigenvalue weighted by Gasteiger charge is 2.28. The maximum Gasteiger partial charge on any atom is 0.192 e. The summed E-state index contributed by atoms with van der Waals surface area (Å²) < 4.78 is 2.20. The summed E-state index contributed by atoms with van der Waals surface area (Å²) in [5.74, 6) is 1.13. The minimum Gasteiger partial charge on any atom is -0.360 e. The largest absolute Gasteiger partial charge is 0.360 e. The molecular formula is C23H22N4OS. The van der Waals surface area contributed by atoms with Crippen LogP contribution in [0.25, 0.3) is 10.9 Å². The highest BCUT2D eigenvalue weighted by Crippen LogP contribution is 2.39. The number of nitrogens with zero attached hydrogens (tertiary/aromatic N) is 3. The van der Waals surface area contributed by atoms with Gasteiger partial charge in [-0.1, -0.05) is 66.7 Å². The van der Waals surface area contributed by atoms with Gasteiger partial charge in [-0.05, 0) is 24.5 Å². The molecule has 5 nitrogen and oxygen atoms in total. The maximum absolute atomic E-state index is 13.7. The van der Waals surface area contributed by atoms with Crippen LogP contribution in [0.1, 0.15) is 46.3 Å². The summed E-state index contributed by atoms with van der Waals surface area (Å²) in [6.45, 7) is 0.924. The average Bonchev–Trinajstić information content (AvgIpc) is 3.28. The van der Waals surface area contributed by atoms with Crippen molar-refractivity contribution in [3.8, 4) is 0 Å². The second kappa shape index (κ2) is 7.87. The molecule has 0 saturated heterocycles. The third-order valence-electron chi connectivity index (χ3n) is 5.49. The van der Waals surface area contributed by atoms with Gasteiger partial charge in [0.15, 0.2) is 10.9 Å². The Kier molecular flexibility index (Phi) is 4.94. The Morgan fingerprint density at radius 2 is 1.83 bits per heavy atom. The van der Waals surface area contributed by atoms with Gasteiger partial charge in [0.25, 0.3) is 0 Å². The van der Waals surface area contributed by atoms with E-state index in [1.54, 1.807) is 0 Å². The lowest BCUT2D eigenvalue weighted by molar-refractivity contribution is 0.0991. The molecule has 1 aliphatic heterocycles. The van der Waals surface area contributed by atoms with Crippen molar-refractivity contribution in [2.75, 3.05) is 0 Å². The number of fused-ring (bicyclic) bond motifs is 2. The van der Waals surface area contributed by atoms with Gasteiger partial charge in [-0.3, -0.25) is 4.79 Å². The van der Waals surface area contributed by atoms with Gasteiger partial charge in [-0.25, -0.2) is 0 Å². The van der Waals surface area contributed by atoms with Crippen LogP contribution in [0.15, 0.2) is 66.0 Å². The van der Waals surface area contributed by atoms with E-state index in [1.807, 2.05) is 60.8 Å². The van der Waals surface area contributed by atoms with Crippen LogP contribution in [0.3, 0.4) is 0 Å². The summed E-state index contributed by atoms with van der Waals surface area (Å²) in [6, 6.07) is 17.9. The van der Waals surface area contributed by atoms with E-state index < -0.39 is 0 Å². The monoisotopic (exact) mass is 402 g/mol. The quantitative estimate of drug-likeness (QED) is 0.368. The van der Waals surface area contributed by atoms with Gasteiger partial charge in [-0.15, -0.1) is 10.2 Å². The Morgan fingerprint density at radius 3 is 2.72 bits per heavy atom. The predicted octanol–water partition coefficient (Wildman–Crippen LogP) is 5.20. The summed E-state index contributed by atoms with van der Waals surface area (Å²) in [4.78, 5) is 16.9. The van der Waals surface area contributed by atoms with Crippen LogP contribution < -0.4 is 0 Å². The molecule has 2 aromatic heterocycles. The maximum atomic E-state index is 13.7. The second-order valence-electron chi connectivity index (χ2n) is 7.38. The first-order valence-electron chi connectivity index (χ1n) is 10.1. The Morgan fingerprint density at radius 1 is 1.00 bits per heavy atom. The summed E-state index contributed by atoms with van der Waals surface area (Å²) >= 11 is 1.51. The predicted molar refractivity (Wildman–Crippen MR) is 115 cm³/mol. The van der Waals surface area contributed by atoms with Crippen molar-refractivity contribution in [2.45, 2.75) is 42.6 Å². The zero-order chi connectivity index (χ0) is 19.6. The zero-order valence-corrected chi connectivity index (χ0v) is 16.9. The molecule has 0 bridgehead atoms. The van der Waals surface area contributed by atoms with Crippen molar-refractivity contribution < 1.29 is 4.79 Å². The number of hydrogen-bond donors (Lipinski definition) is 1. The van der Waals surface area contributed by atoms with Crippen LogP contribution >= 0.6 is 11.8 Å². The SMILES string of the molecule is O=C(c1c[nH]c2ccccc12)C(Sc1nnc2n1CCCCC2)c1ccccc1. The standard InChI is InChI=1S/C23H22N4OS/c28-21(18-15-24-19-12-7-6-11-17(18)19)22(16-9-3-1-4-10-16)29-23-26-25-20-13-5-2-8-14-27(20)23/h1,3-4,6-7,9-12,15,22,24H,2,5,8,13-14H2. The van der Waals surface area contributed by atoms with Gasteiger partial charge in [0, 0.05) is 35.6 Å². The van der Waals surface area contributed by atoms with E-state index in [0.29, 0.717) is 0 Å². The summed E-state index contributed by atoms with van der Waals surface area (Å²) in [6.07, 6.45) is 6.28. The minimum absolute atomic E-state index is 0.0876. The fourth-order valence-corrected chi connectivity index (χ4v) is 5.12. The van der Waals surface area contributed by atoms with Gasteiger partial charge in [-0.2, -0.15) is 0 Å². The van der Waals surface area contributed by atoms with Crippen LogP contribution in [-0.2, 0) is 13.0 Å². The van der Waals surface area contributed by atoms with E-state index in [4.69, 9.17) is 0 Å². The van der Waals surface area contributed by atoms with Crippen molar-refractivity contribution >= 4 is 28.4 Å². The van der Waals surface area contributed by atoms with E-state index in [-0.39, 0.29) is 11.0 Å². The van der Waals surface area contributed by atoms with E-state index in [2.05, 4.69) is 19.7 Å². The molecule has 3 heterocycles. The molecule has 1 unspecified atom stereocenters. The summed E-state index contributed by atoms with van der Waals surface area (Å²) in [5.41, 5.74) is 2.68. The third kappa shape index (κ3) is 3.49. The van der Waals surface area contributed by atoms with Crippen LogP contribution in [0.5, 0.6) is 0 Å². The molecule has 146 valence electrons. The van der Waals surface area contributed by atoms with Gasteiger partial charge in [0.05, 0.1) is 0 Å². The zero-order valence-electron chi connectivity index (χ0n) is 16.0. The van der Waals surface area contributed by atoms with Gasteiger partial charge >= 0.3 is 0 Å². The van der Waals surface area contributed by atoms with Crippen LogP contribution in [0.2, 0.25) is 0 Å². The number of carbonyl (C=O) groups is 1. The molecule has 5 rings (SSSR count). The number of aromatic amines is 1. The van der Waals surface area contributed by atoms with Crippen molar-refractivity contribution in [1.29, 1.82) is 0 Å². The topological polar surface area (TPSA) is 63.6 Å². The lowest BCUT2D eigenvalue weighted by Crippen LogP contribution is -2.11. The summed E-state index contributed by atoms with van der Waals surface area (Å²) in [5, 5.41) is 10.3. The number of hydrogen-bond acceptors (Lipinski definition) is 4. The molecule has 4 aromatic rings. The van der Waals surface area contributed by atoms with Crippen LogP contribution in [0, 0.1) is 0 Å². The smallest absolute Gasteiger partial charge is 0.192 e. The molecule has 0 saturated carbocycles. The average molecular weight is 403 g/mol. The number of H-pyrrole nitrogens is 1.